The summed E-state index contributed by atoms with van der Waals surface area (Å²) >= 11 is 1.49. The molecule has 0 saturated carbocycles. The number of benzene rings is 1. The first-order valence-corrected chi connectivity index (χ1v) is 7.44. The van der Waals surface area contributed by atoms with Gasteiger partial charge in [0.1, 0.15) is 6.54 Å². The van der Waals surface area contributed by atoms with Gasteiger partial charge in [-0.25, -0.2) is 9.78 Å². The van der Waals surface area contributed by atoms with Gasteiger partial charge in [-0.3, -0.25) is 4.79 Å². The third-order valence-electron chi connectivity index (χ3n) is 2.78. The summed E-state index contributed by atoms with van der Waals surface area (Å²) in [6.07, 6.45) is 0. The maximum Gasteiger partial charge on any atom is 0.323 e. The molecule has 0 aliphatic heterocycles. The number of thiazole rings is 1. The Bertz CT molecular complexity index is 654. The number of amides is 2. The summed E-state index contributed by atoms with van der Waals surface area (Å²) in [6, 6.07) is 5.01. The van der Waals surface area contributed by atoms with Gasteiger partial charge in [0.05, 0.1) is 15.7 Å². The first-order valence-electron chi connectivity index (χ1n) is 6.56. The Kier molecular flexibility index (Phi) is 4.74. The lowest BCUT2D eigenvalue weighted by Gasteiger charge is -2.23. The van der Waals surface area contributed by atoms with Crippen LogP contribution in [0.3, 0.4) is 0 Å². The molecule has 2 N–H and O–H groups in total. The second-order valence-corrected chi connectivity index (χ2v) is 6.02. The van der Waals surface area contributed by atoms with Gasteiger partial charge < -0.3 is 15.3 Å². The van der Waals surface area contributed by atoms with Crippen molar-refractivity contribution < 1.29 is 14.7 Å². The normalized spacial score (nSPS) is 10.8. The summed E-state index contributed by atoms with van der Waals surface area (Å²) in [7, 11) is 0. The van der Waals surface area contributed by atoms with Crippen molar-refractivity contribution in [2.75, 3.05) is 18.4 Å². The summed E-state index contributed by atoms with van der Waals surface area (Å²) in [5.41, 5.74) is 3.25. The highest BCUT2D eigenvalue weighted by atomic mass is 32.1. The van der Waals surface area contributed by atoms with E-state index in [1.165, 1.54) is 16.2 Å². The molecular formula is C14H17N3O3S. The molecule has 7 heteroatoms. The molecule has 2 aromatic rings. The molecule has 0 aliphatic carbocycles. The van der Waals surface area contributed by atoms with Crippen LogP contribution in [0.5, 0.6) is 0 Å². The van der Waals surface area contributed by atoms with Crippen LogP contribution in [0.15, 0.2) is 23.7 Å². The average Bonchev–Trinajstić information content (AvgIpc) is 2.84. The molecule has 0 atom stereocenters. The van der Waals surface area contributed by atoms with Crippen molar-refractivity contribution in [3.63, 3.8) is 0 Å². The predicted octanol–water partition coefficient (Wildman–Crippen LogP) is 2.87. The van der Waals surface area contributed by atoms with Gasteiger partial charge in [0.25, 0.3) is 0 Å². The van der Waals surface area contributed by atoms with Crippen molar-refractivity contribution in [3.05, 3.63) is 23.7 Å². The van der Waals surface area contributed by atoms with Gasteiger partial charge in [-0.15, -0.1) is 11.3 Å². The number of aromatic nitrogens is 1. The highest BCUT2D eigenvalue weighted by molar-refractivity contribution is 7.16. The number of fused-ring (bicyclic) bond motifs is 1. The van der Waals surface area contributed by atoms with E-state index in [1.54, 1.807) is 11.6 Å². The molecular weight excluding hydrogens is 290 g/mol. The third kappa shape index (κ3) is 4.16. The molecule has 0 fully saturated rings. The zero-order valence-electron chi connectivity index (χ0n) is 11.9. The van der Waals surface area contributed by atoms with Gasteiger partial charge in [0, 0.05) is 12.2 Å². The predicted molar refractivity (Wildman–Crippen MR) is 82.7 cm³/mol. The summed E-state index contributed by atoms with van der Waals surface area (Å²) in [5, 5.41) is 11.6. The van der Waals surface area contributed by atoms with Gasteiger partial charge in [0.15, 0.2) is 0 Å². The topological polar surface area (TPSA) is 82.5 Å². The SMILES string of the molecule is CC(C)CN(CC(=O)O)C(=O)Nc1ccc2ncsc2c1. The Labute approximate surface area is 126 Å². The first-order chi connectivity index (χ1) is 9.95. The molecule has 1 heterocycles. The van der Waals surface area contributed by atoms with Crippen LogP contribution in [-0.4, -0.2) is 40.1 Å². The van der Waals surface area contributed by atoms with Gasteiger partial charge in [-0.1, -0.05) is 13.8 Å². The van der Waals surface area contributed by atoms with Crippen LogP contribution in [0, 0.1) is 5.92 Å². The minimum absolute atomic E-state index is 0.194. The lowest BCUT2D eigenvalue weighted by Crippen LogP contribution is -2.40. The zero-order chi connectivity index (χ0) is 15.4. The van der Waals surface area contributed by atoms with E-state index in [2.05, 4.69) is 10.3 Å². The zero-order valence-corrected chi connectivity index (χ0v) is 12.7. The Morgan fingerprint density at radius 3 is 2.86 bits per heavy atom. The highest BCUT2D eigenvalue weighted by Gasteiger charge is 2.18. The number of carbonyl (C=O) groups excluding carboxylic acids is 1. The van der Waals surface area contributed by atoms with Crippen molar-refractivity contribution in [3.8, 4) is 0 Å². The van der Waals surface area contributed by atoms with Crippen molar-refractivity contribution in [2.24, 2.45) is 5.92 Å². The van der Waals surface area contributed by atoms with Crippen LogP contribution in [0.1, 0.15) is 13.8 Å². The fraction of sp³-hybridized carbons (Fsp3) is 0.357. The van der Waals surface area contributed by atoms with Crippen LogP contribution < -0.4 is 5.32 Å². The van der Waals surface area contributed by atoms with Gasteiger partial charge >= 0.3 is 12.0 Å². The standard InChI is InChI=1S/C14H17N3O3S/c1-9(2)6-17(7-13(18)19)14(20)16-10-3-4-11-12(5-10)21-8-15-11/h3-5,8-9H,6-7H2,1-2H3,(H,16,20)(H,18,19). The lowest BCUT2D eigenvalue weighted by molar-refractivity contribution is -0.137. The molecule has 1 aromatic carbocycles. The number of rotatable bonds is 5. The number of carboxylic acid groups (broad SMARTS) is 1. The van der Waals surface area contributed by atoms with Crippen LogP contribution in [0.2, 0.25) is 0 Å². The molecule has 6 nitrogen and oxygen atoms in total. The van der Waals surface area contributed by atoms with E-state index in [4.69, 9.17) is 5.11 Å². The minimum atomic E-state index is -1.02. The quantitative estimate of drug-likeness (QED) is 0.889. The second kappa shape index (κ2) is 6.53. The Morgan fingerprint density at radius 1 is 1.43 bits per heavy atom. The largest absolute Gasteiger partial charge is 0.480 e. The summed E-state index contributed by atoms with van der Waals surface area (Å²) in [5.74, 6) is -0.831. The maximum absolute atomic E-state index is 12.2. The molecule has 2 rings (SSSR count). The van der Waals surface area contributed by atoms with Crippen molar-refractivity contribution >= 4 is 39.2 Å². The van der Waals surface area contributed by atoms with Crippen LogP contribution >= 0.6 is 11.3 Å². The number of urea groups is 1. The van der Waals surface area contributed by atoms with E-state index < -0.39 is 12.0 Å². The van der Waals surface area contributed by atoms with Crippen molar-refractivity contribution in [2.45, 2.75) is 13.8 Å². The van der Waals surface area contributed by atoms with Crippen LogP contribution in [-0.2, 0) is 4.79 Å². The average molecular weight is 307 g/mol. The number of aliphatic carboxylic acids is 1. The van der Waals surface area contributed by atoms with E-state index in [9.17, 15) is 9.59 Å². The van der Waals surface area contributed by atoms with Crippen molar-refractivity contribution in [1.82, 2.24) is 9.88 Å². The molecule has 21 heavy (non-hydrogen) atoms. The van der Waals surface area contributed by atoms with Gasteiger partial charge in [-0.05, 0) is 24.1 Å². The number of carboxylic acids is 1. The minimum Gasteiger partial charge on any atom is -0.480 e. The Morgan fingerprint density at radius 2 is 2.19 bits per heavy atom. The molecule has 0 radical (unpaired) electrons. The lowest BCUT2D eigenvalue weighted by atomic mass is 10.2. The fourth-order valence-electron chi connectivity index (χ4n) is 1.96. The molecule has 112 valence electrons. The molecule has 0 spiro atoms. The van der Waals surface area contributed by atoms with Crippen LogP contribution in [0.4, 0.5) is 10.5 Å². The summed E-state index contributed by atoms with van der Waals surface area (Å²) in [4.78, 5) is 28.5. The van der Waals surface area contributed by atoms with E-state index in [0.29, 0.717) is 12.2 Å². The molecule has 0 saturated heterocycles. The molecule has 0 aliphatic rings. The fourth-order valence-corrected chi connectivity index (χ4v) is 2.68. The molecule has 0 unspecified atom stereocenters. The number of hydrogen-bond acceptors (Lipinski definition) is 4. The van der Waals surface area contributed by atoms with Gasteiger partial charge in [-0.2, -0.15) is 0 Å². The summed E-state index contributed by atoms with van der Waals surface area (Å²) < 4.78 is 0.974. The Balaban J connectivity index is 2.10. The molecule has 2 amide bonds. The number of carbonyl (C=O) groups is 2. The highest BCUT2D eigenvalue weighted by Crippen LogP contribution is 2.22. The second-order valence-electron chi connectivity index (χ2n) is 5.13. The summed E-state index contributed by atoms with van der Waals surface area (Å²) in [6.45, 7) is 3.95. The van der Waals surface area contributed by atoms with E-state index in [1.807, 2.05) is 26.0 Å². The number of nitrogens with one attached hydrogen (secondary N) is 1. The Hall–Kier alpha value is -2.15. The smallest absolute Gasteiger partial charge is 0.323 e. The first kappa shape index (κ1) is 15.2. The van der Waals surface area contributed by atoms with E-state index in [0.717, 1.165) is 10.2 Å². The van der Waals surface area contributed by atoms with Crippen LogP contribution in [0.25, 0.3) is 10.2 Å². The molecule has 1 aromatic heterocycles. The van der Waals surface area contributed by atoms with Gasteiger partial charge in [0.2, 0.25) is 0 Å². The number of anilines is 1. The van der Waals surface area contributed by atoms with E-state index in [-0.39, 0.29) is 12.5 Å². The molecule has 0 bridgehead atoms. The monoisotopic (exact) mass is 307 g/mol. The maximum atomic E-state index is 12.2. The van der Waals surface area contributed by atoms with Crippen molar-refractivity contribution in [1.29, 1.82) is 0 Å². The number of nitrogens with zero attached hydrogens (tertiary/aromatic N) is 2. The number of hydrogen-bond donors (Lipinski definition) is 2. The van der Waals surface area contributed by atoms with E-state index >= 15 is 0 Å². The third-order valence-corrected chi connectivity index (χ3v) is 3.57.